The van der Waals surface area contributed by atoms with Gasteiger partial charge in [-0.3, -0.25) is 4.79 Å². The lowest BCUT2D eigenvalue weighted by Crippen LogP contribution is -2.41. The molecule has 1 aromatic rings. The highest BCUT2D eigenvalue weighted by Crippen LogP contribution is 2.11. The second-order valence-corrected chi connectivity index (χ2v) is 4.17. The molecular weight excluding hydrogens is 206 g/mol. The number of hydrogen-bond donors (Lipinski definition) is 1. The van der Waals surface area contributed by atoms with Gasteiger partial charge in [0.2, 0.25) is 5.91 Å². The van der Waals surface area contributed by atoms with Crippen molar-refractivity contribution < 1.29 is 9.53 Å². The normalized spacial score (nSPS) is 21.9. The number of aromatic nitrogens is 2. The maximum atomic E-state index is 11.7. The van der Waals surface area contributed by atoms with Crippen LogP contribution in [0.15, 0.2) is 18.7 Å². The summed E-state index contributed by atoms with van der Waals surface area (Å²) < 4.78 is 7.26. The Morgan fingerprint density at radius 3 is 3.25 bits per heavy atom. The number of nitrogens with one attached hydrogen (secondary N) is 1. The van der Waals surface area contributed by atoms with Crippen LogP contribution < -0.4 is 5.32 Å². The molecule has 1 amide bonds. The van der Waals surface area contributed by atoms with Crippen molar-refractivity contribution in [1.29, 1.82) is 0 Å². The predicted octanol–water partition coefficient (Wildman–Crippen LogP) is 0.567. The van der Waals surface area contributed by atoms with E-state index in [-0.39, 0.29) is 18.1 Å². The van der Waals surface area contributed by atoms with Crippen LogP contribution in [0.4, 0.5) is 0 Å². The summed E-state index contributed by atoms with van der Waals surface area (Å²) in [6.45, 7) is 3.42. The van der Waals surface area contributed by atoms with E-state index >= 15 is 0 Å². The van der Waals surface area contributed by atoms with Crippen molar-refractivity contribution >= 4 is 5.91 Å². The lowest BCUT2D eigenvalue weighted by molar-refractivity contribution is -0.130. The van der Waals surface area contributed by atoms with Crippen molar-refractivity contribution in [2.24, 2.45) is 0 Å². The second-order valence-electron chi connectivity index (χ2n) is 4.17. The van der Waals surface area contributed by atoms with Gasteiger partial charge in [-0.05, 0) is 19.8 Å². The minimum Gasteiger partial charge on any atom is -0.368 e. The van der Waals surface area contributed by atoms with E-state index in [0.29, 0.717) is 6.61 Å². The first kappa shape index (κ1) is 11.1. The van der Waals surface area contributed by atoms with Gasteiger partial charge in [-0.2, -0.15) is 0 Å². The molecular formula is C11H17N3O2. The Labute approximate surface area is 94.8 Å². The van der Waals surface area contributed by atoms with Gasteiger partial charge in [0.1, 0.15) is 6.10 Å². The fraction of sp³-hybridized carbons (Fsp3) is 0.636. The minimum atomic E-state index is -0.245. The van der Waals surface area contributed by atoms with Crippen LogP contribution in [-0.4, -0.2) is 34.2 Å². The molecule has 0 aliphatic carbocycles. The van der Waals surface area contributed by atoms with Crippen LogP contribution in [0.3, 0.4) is 0 Å². The van der Waals surface area contributed by atoms with Crippen LogP contribution in [0.1, 0.15) is 19.8 Å². The van der Waals surface area contributed by atoms with Gasteiger partial charge in [-0.15, -0.1) is 0 Å². The zero-order chi connectivity index (χ0) is 11.4. The molecule has 1 aromatic heterocycles. The summed E-state index contributed by atoms with van der Waals surface area (Å²) in [6, 6.07) is 0.0888. The highest BCUT2D eigenvalue weighted by Gasteiger charge is 2.24. The van der Waals surface area contributed by atoms with Crippen molar-refractivity contribution in [2.75, 3.05) is 6.61 Å². The molecule has 2 rings (SSSR count). The highest BCUT2D eigenvalue weighted by molar-refractivity contribution is 5.81. The summed E-state index contributed by atoms with van der Waals surface area (Å²) >= 11 is 0. The molecule has 16 heavy (non-hydrogen) atoms. The van der Waals surface area contributed by atoms with Crippen molar-refractivity contribution in [1.82, 2.24) is 14.9 Å². The quantitative estimate of drug-likeness (QED) is 0.811. The van der Waals surface area contributed by atoms with Gasteiger partial charge in [-0.25, -0.2) is 4.98 Å². The average molecular weight is 223 g/mol. The molecule has 2 atom stereocenters. The van der Waals surface area contributed by atoms with Crippen LogP contribution in [0, 0.1) is 0 Å². The summed E-state index contributed by atoms with van der Waals surface area (Å²) in [5.41, 5.74) is 0. The molecule has 1 aliphatic rings. The van der Waals surface area contributed by atoms with Crippen molar-refractivity contribution in [3.8, 4) is 0 Å². The first-order valence-electron chi connectivity index (χ1n) is 5.63. The SMILES string of the molecule is C[C@@H](Cn1ccnc1)NC(=O)[C@@H]1CCCO1. The van der Waals surface area contributed by atoms with Gasteiger partial charge in [0, 0.05) is 31.6 Å². The standard InChI is InChI=1S/C11H17N3O2/c1-9(7-14-5-4-12-8-14)13-11(15)10-3-2-6-16-10/h4-5,8-10H,2-3,6-7H2,1H3,(H,13,15)/t9-,10-/m0/s1. The number of carbonyl (C=O) groups excluding carboxylic acids is 1. The van der Waals surface area contributed by atoms with Crippen LogP contribution in [0.5, 0.6) is 0 Å². The third kappa shape index (κ3) is 2.82. The van der Waals surface area contributed by atoms with Crippen LogP contribution in [-0.2, 0) is 16.1 Å². The molecule has 5 nitrogen and oxygen atoms in total. The Morgan fingerprint density at radius 1 is 1.75 bits per heavy atom. The fourth-order valence-electron chi connectivity index (χ4n) is 1.88. The van der Waals surface area contributed by atoms with Crippen LogP contribution in [0.25, 0.3) is 0 Å². The lowest BCUT2D eigenvalue weighted by atomic mass is 10.2. The van der Waals surface area contributed by atoms with Crippen molar-refractivity contribution in [2.45, 2.75) is 38.5 Å². The first-order valence-corrected chi connectivity index (χ1v) is 5.63. The predicted molar refractivity (Wildman–Crippen MR) is 58.8 cm³/mol. The molecule has 2 heterocycles. The van der Waals surface area contributed by atoms with E-state index in [0.717, 1.165) is 19.4 Å². The van der Waals surface area contributed by atoms with E-state index in [1.54, 1.807) is 12.5 Å². The van der Waals surface area contributed by atoms with Crippen molar-refractivity contribution in [3.63, 3.8) is 0 Å². The number of rotatable bonds is 4. The molecule has 1 aliphatic heterocycles. The van der Waals surface area contributed by atoms with E-state index in [2.05, 4.69) is 10.3 Å². The van der Waals surface area contributed by atoms with Gasteiger partial charge >= 0.3 is 0 Å². The molecule has 0 unspecified atom stereocenters. The zero-order valence-corrected chi connectivity index (χ0v) is 9.43. The molecule has 1 N–H and O–H groups in total. The van der Waals surface area contributed by atoms with Gasteiger partial charge in [0.25, 0.3) is 0 Å². The second kappa shape index (κ2) is 5.12. The summed E-state index contributed by atoms with van der Waals surface area (Å²) in [5.74, 6) is 0.00474. The van der Waals surface area contributed by atoms with E-state index in [1.165, 1.54) is 0 Å². The van der Waals surface area contributed by atoms with E-state index in [1.807, 2.05) is 17.7 Å². The Bertz CT molecular complexity index is 331. The smallest absolute Gasteiger partial charge is 0.249 e. The third-order valence-corrected chi connectivity index (χ3v) is 2.65. The number of carbonyl (C=O) groups is 1. The van der Waals surface area contributed by atoms with E-state index in [4.69, 9.17) is 4.74 Å². The van der Waals surface area contributed by atoms with Gasteiger partial charge in [0.05, 0.1) is 6.33 Å². The van der Waals surface area contributed by atoms with Crippen molar-refractivity contribution in [3.05, 3.63) is 18.7 Å². The maximum absolute atomic E-state index is 11.7. The molecule has 88 valence electrons. The molecule has 0 saturated carbocycles. The number of imidazole rings is 1. The monoisotopic (exact) mass is 223 g/mol. The summed E-state index contributed by atoms with van der Waals surface area (Å²) in [5, 5.41) is 2.95. The Hall–Kier alpha value is -1.36. The average Bonchev–Trinajstić information content (AvgIpc) is 2.88. The molecule has 0 aromatic carbocycles. The number of hydrogen-bond acceptors (Lipinski definition) is 3. The lowest BCUT2D eigenvalue weighted by Gasteiger charge is -2.17. The minimum absolute atomic E-state index is 0.00474. The van der Waals surface area contributed by atoms with Crippen LogP contribution in [0.2, 0.25) is 0 Å². The molecule has 1 fully saturated rings. The summed E-state index contributed by atoms with van der Waals surface area (Å²) in [7, 11) is 0. The third-order valence-electron chi connectivity index (χ3n) is 2.65. The topological polar surface area (TPSA) is 56.2 Å². The van der Waals surface area contributed by atoms with E-state index in [9.17, 15) is 4.79 Å². The molecule has 1 saturated heterocycles. The maximum Gasteiger partial charge on any atom is 0.249 e. The Balaban J connectivity index is 1.78. The van der Waals surface area contributed by atoms with E-state index < -0.39 is 0 Å². The first-order chi connectivity index (χ1) is 7.75. The Kier molecular flexibility index (Phi) is 3.56. The molecule has 5 heteroatoms. The van der Waals surface area contributed by atoms with Gasteiger partial charge in [0.15, 0.2) is 0 Å². The van der Waals surface area contributed by atoms with Crippen LogP contribution >= 0.6 is 0 Å². The number of ether oxygens (including phenoxy) is 1. The fourth-order valence-corrected chi connectivity index (χ4v) is 1.88. The summed E-state index contributed by atoms with van der Waals surface area (Å²) in [6.07, 6.45) is 6.93. The highest BCUT2D eigenvalue weighted by atomic mass is 16.5. The van der Waals surface area contributed by atoms with Gasteiger partial charge < -0.3 is 14.6 Å². The summed E-state index contributed by atoms with van der Waals surface area (Å²) in [4.78, 5) is 15.7. The number of nitrogens with zero attached hydrogens (tertiary/aromatic N) is 2. The van der Waals surface area contributed by atoms with Gasteiger partial charge in [-0.1, -0.05) is 0 Å². The zero-order valence-electron chi connectivity index (χ0n) is 9.43. The number of amides is 1. The molecule has 0 radical (unpaired) electrons. The molecule has 0 bridgehead atoms. The molecule has 0 spiro atoms. The Morgan fingerprint density at radius 2 is 2.62 bits per heavy atom. The largest absolute Gasteiger partial charge is 0.368 e.